The molecular formula is C8H11N3. The largest absolute Gasteiger partial charge is 0.239 e. The quantitative estimate of drug-likeness (QED) is 0.550. The Hall–Kier alpha value is -1.12. The number of hydrogen-bond donors (Lipinski definition) is 0. The van der Waals surface area contributed by atoms with Crippen LogP contribution in [0, 0.1) is 6.92 Å². The molecule has 0 saturated carbocycles. The fourth-order valence-electron chi connectivity index (χ4n) is 1.31. The van der Waals surface area contributed by atoms with Gasteiger partial charge in [0.1, 0.15) is 5.82 Å². The second-order valence-corrected chi connectivity index (χ2v) is 3.03. The van der Waals surface area contributed by atoms with Crippen LogP contribution in [0.5, 0.6) is 0 Å². The van der Waals surface area contributed by atoms with Crippen molar-refractivity contribution >= 4 is 5.71 Å². The molecule has 1 aliphatic heterocycles. The van der Waals surface area contributed by atoms with Crippen LogP contribution in [0.15, 0.2) is 11.3 Å². The van der Waals surface area contributed by atoms with E-state index >= 15 is 0 Å². The van der Waals surface area contributed by atoms with Crippen LogP contribution < -0.4 is 0 Å². The van der Waals surface area contributed by atoms with Crippen LogP contribution in [0.4, 0.5) is 0 Å². The normalized spacial score (nSPS) is 21.7. The first-order chi connectivity index (χ1) is 5.20. The average molecular weight is 149 g/mol. The van der Waals surface area contributed by atoms with Crippen LogP contribution in [0.1, 0.15) is 31.3 Å². The van der Waals surface area contributed by atoms with E-state index in [1.807, 2.05) is 24.7 Å². The van der Waals surface area contributed by atoms with Crippen LogP contribution in [0.3, 0.4) is 0 Å². The molecule has 0 aliphatic carbocycles. The summed E-state index contributed by atoms with van der Waals surface area (Å²) < 4.78 is 1.92. The zero-order valence-corrected chi connectivity index (χ0v) is 7.00. The molecule has 0 saturated heterocycles. The molecule has 0 amide bonds. The van der Waals surface area contributed by atoms with Gasteiger partial charge in [0, 0.05) is 5.71 Å². The van der Waals surface area contributed by atoms with Gasteiger partial charge in [-0.1, -0.05) is 0 Å². The molecule has 0 spiro atoms. The number of nitrogens with zero attached hydrogens (tertiary/aromatic N) is 3. The van der Waals surface area contributed by atoms with Crippen molar-refractivity contribution < 1.29 is 0 Å². The van der Waals surface area contributed by atoms with E-state index in [1.54, 1.807) is 0 Å². The summed E-state index contributed by atoms with van der Waals surface area (Å²) in [5.74, 6) is 1.46. The zero-order chi connectivity index (χ0) is 8.01. The predicted octanol–water partition coefficient (Wildman–Crippen LogP) is 1.53. The maximum absolute atomic E-state index is 4.36. The predicted molar refractivity (Wildman–Crippen MR) is 43.9 cm³/mol. The van der Waals surface area contributed by atoms with Crippen molar-refractivity contribution in [2.75, 3.05) is 0 Å². The monoisotopic (exact) mass is 149 g/mol. The van der Waals surface area contributed by atoms with E-state index < -0.39 is 0 Å². The van der Waals surface area contributed by atoms with Crippen LogP contribution >= 0.6 is 0 Å². The maximum Gasteiger partial charge on any atom is 0.138 e. The minimum atomic E-state index is 0.392. The molecule has 58 valence electrons. The van der Waals surface area contributed by atoms with Gasteiger partial charge in [0.2, 0.25) is 0 Å². The van der Waals surface area contributed by atoms with Gasteiger partial charge in [0.25, 0.3) is 0 Å². The molecule has 3 heteroatoms. The molecular weight excluding hydrogens is 138 g/mol. The maximum atomic E-state index is 4.36. The fourth-order valence-corrected chi connectivity index (χ4v) is 1.31. The van der Waals surface area contributed by atoms with Crippen molar-refractivity contribution in [3.05, 3.63) is 17.7 Å². The van der Waals surface area contributed by atoms with Crippen molar-refractivity contribution in [2.45, 2.75) is 26.7 Å². The highest BCUT2D eigenvalue weighted by molar-refractivity contribution is 5.89. The first kappa shape index (κ1) is 6.58. The Balaban J connectivity index is 2.61. The van der Waals surface area contributed by atoms with Gasteiger partial charge in [-0.15, -0.1) is 0 Å². The Labute approximate surface area is 65.8 Å². The van der Waals surface area contributed by atoms with Crippen LogP contribution in [-0.2, 0) is 0 Å². The first-order valence-corrected chi connectivity index (χ1v) is 3.80. The average Bonchev–Trinajstić information content (AvgIpc) is 2.43. The molecule has 0 fully saturated rings. The molecule has 2 rings (SSSR count). The number of fused-ring (bicyclic) bond motifs is 1. The molecule has 1 atom stereocenters. The van der Waals surface area contributed by atoms with Gasteiger partial charge in [-0.05, 0) is 20.8 Å². The smallest absolute Gasteiger partial charge is 0.138 e. The third-order valence-electron chi connectivity index (χ3n) is 2.21. The molecule has 1 aliphatic rings. The van der Waals surface area contributed by atoms with Crippen molar-refractivity contribution in [3.8, 4) is 0 Å². The van der Waals surface area contributed by atoms with Crippen LogP contribution in [0.2, 0.25) is 0 Å². The lowest BCUT2D eigenvalue weighted by molar-refractivity contribution is 0.798. The number of aryl methyl sites for hydroxylation is 1. The Kier molecular flexibility index (Phi) is 1.16. The summed E-state index contributed by atoms with van der Waals surface area (Å²) in [5.41, 5.74) is 2.26. The molecule has 0 radical (unpaired) electrons. The second kappa shape index (κ2) is 1.94. The lowest BCUT2D eigenvalue weighted by Gasteiger charge is -1.97. The molecule has 2 heterocycles. The lowest BCUT2D eigenvalue weighted by atomic mass is 10.1. The van der Waals surface area contributed by atoms with E-state index in [9.17, 15) is 0 Å². The van der Waals surface area contributed by atoms with E-state index in [1.165, 1.54) is 0 Å². The van der Waals surface area contributed by atoms with Crippen molar-refractivity contribution in [1.82, 2.24) is 9.66 Å². The lowest BCUT2D eigenvalue weighted by Crippen LogP contribution is -1.99. The van der Waals surface area contributed by atoms with Gasteiger partial charge in [-0.2, -0.15) is 5.10 Å². The molecule has 11 heavy (non-hydrogen) atoms. The summed E-state index contributed by atoms with van der Waals surface area (Å²) in [4.78, 5) is 4.28. The highest BCUT2D eigenvalue weighted by atomic mass is 15.4. The Morgan fingerprint density at radius 2 is 2.18 bits per heavy atom. The van der Waals surface area contributed by atoms with Crippen molar-refractivity contribution in [1.29, 1.82) is 0 Å². The molecule has 0 aromatic carbocycles. The fraction of sp³-hybridized carbons (Fsp3) is 0.500. The van der Waals surface area contributed by atoms with Gasteiger partial charge in [-0.25, -0.2) is 9.66 Å². The SMILES string of the molecule is CC1=Nn2c(C)cnc2C1C. The summed E-state index contributed by atoms with van der Waals surface area (Å²) in [6, 6.07) is 0. The Morgan fingerprint density at radius 3 is 2.82 bits per heavy atom. The summed E-state index contributed by atoms with van der Waals surface area (Å²) in [5, 5.41) is 4.36. The van der Waals surface area contributed by atoms with Crippen LogP contribution in [-0.4, -0.2) is 15.4 Å². The molecule has 1 aromatic heterocycles. The zero-order valence-electron chi connectivity index (χ0n) is 7.00. The Bertz CT molecular complexity index is 322. The summed E-state index contributed by atoms with van der Waals surface area (Å²) in [7, 11) is 0. The highest BCUT2D eigenvalue weighted by Crippen LogP contribution is 2.23. The highest BCUT2D eigenvalue weighted by Gasteiger charge is 2.22. The van der Waals surface area contributed by atoms with Gasteiger partial charge in [-0.3, -0.25) is 0 Å². The number of rotatable bonds is 0. The number of aromatic nitrogens is 2. The van der Waals surface area contributed by atoms with E-state index in [4.69, 9.17) is 0 Å². The standard InChI is InChI=1S/C8H11N3/c1-5-4-9-8-6(2)7(3)10-11(5)8/h4,6H,1-3H3. The van der Waals surface area contributed by atoms with Gasteiger partial charge in [0.05, 0.1) is 17.8 Å². The van der Waals surface area contributed by atoms with Gasteiger partial charge < -0.3 is 0 Å². The third-order valence-corrected chi connectivity index (χ3v) is 2.21. The second-order valence-electron chi connectivity index (χ2n) is 3.03. The molecule has 1 unspecified atom stereocenters. The van der Waals surface area contributed by atoms with Crippen LogP contribution in [0.25, 0.3) is 0 Å². The molecule has 1 aromatic rings. The van der Waals surface area contributed by atoms with Gasteiger partial charge >= 0.3 is 0 Å². The van der Waals surface area contributed by atoms with E-state index in [0.717, 1.165) is 17.2 Å². The van der Waals surface area contributed by atoms with Crippen molar-refractivity contribution in [2.24, 2.45) is 5.10 Å². The summed E-state index contributed by atoms with van der Waals surface area (Å²) in [6.07, 6.45) is 1.86. The molecule has 3 nitrogen and oxygen atoms in total. The van der Waals surface area contributed by atoms with Crippen molar-refractivity contribution in [3.63, 3.8) is 0 Å². The minimum absolute atomic E-state index is 0.392. The third kappa shape index (κ3) is 0.737. The van der Waals surface area contributed by atoms with E-state index in [2.05, 4.69) is 17.0 Å². The molecule has 0 N–H and O–H groups in total. The first-order valence-electron chi connectivity index (χ1n) is 3.80. The van der Waals surface area contributed by atoms with E-state index in [-0.39, 0.29) is 0 Å². The summed E-state index contributed by atoms with van der Waals surface area (Å²) >= 11 is 0. The number of hydrogen-bond acceptors (Lipinski definition) is 2. The summed E-state index contributed by atoms with van der Waals surface area (Å²) in [6.45, 7) is 6.19. The minimum Gasteiger partial charge on any atom is -0.239 e. The Morgan fingerprint density at radius 1 is 1.45 bits per heavy atom. The molecule has 0 bridgehead atoms. The van der Waals surface area contributed by atoms with Gasteiger partial charge in [0.15, 0.2) is 0 Å². The van der Waals surface area contributed by atoms with E-state index in [0.29, 0.717) is 5.92 Å². The topological polar surface area (TPSA) is 30.2 Å². The number of imidazole rings is 1.